The van der Waals surface area contributed by atoms with Crippen molar-refractivity contribution in [3.63, 3.8) is 0 Å². The lowest BCUT2D eigenvalue weighted by Gasteiger charge is -2.34. The summed E-state index contributed by atoms with van der Waals surface area (Å²) >= 11 is 0. The second-order valence-corrected chi connectivity index (χ2v) is 8.64. The standard InChI is InChI=1S/C25H33FN4O/c26-24-10-5-4-9-22(24)20-30(23-11-12-23)25(31)27-13-6-14-28-15-17-29(18-16-28)19-21-7-2-1-3-8-21/h1-5,7-10,23H,6,11-20H2,(H,27,31). The van der Waals surface area contributed by atoms with Crippen LogP contribution in [0.15, 0.2) is 54.6 Å². The largest absolute Gasteiger partial charge is 0.338 e. The maximum absolute atomic E-state index is 14.0. The summed E-state index contributed by atoms with van der Waals surface area (Å²) in [6.07, 6.45) is 2.95. The summed E-state index contributed by atoms with van der Waals surface area (Å²) in [5, 5.41) is 3.05. The first-order chi connectivity index (χ1) is 15.2. The number of halogens is 1. The van der Waals surface area contributed by atoms with Crippen molar-refractivity contribution in [2.45, 2.75) is 38.4 Å². The Balaban J connectivity index is 1.14. The van der Waals surface area contributed by atoms with Crippen molar-refractivity contribution in [1.82, 2.24) is 20.0 Å². The third-order valence-electron chi connectivity index (χ3n) is 6.19. The number of amides is 2. The van der Waals surface area contributed by atoms with E-state index < -0.39 is 0 Å². The summed E-state index contributed by atoms with van der Waals surface area (Å²) in [5.41, 5.74) is 1.95. The van der Waals surface area contributed by atoms with Crippen LogP contribution < -0.4 is 5.32 Å². The zero-order valence-electron chi connectivity index (χ0n) is 18.2. The van der Waals surface area contributed by atoms with Gasteiger partial charge in [-0.15, -0.1) is 0 Å². The van der Waals surface area contributed by atoms with Crippen molar-refractivity contribution >= 4 is 6.03 Å². The molecule has 0 aromatic heterocycles. The summed E-state index contributed by atoms with van der Waals surface area (Å²) in [6, 6.07) is 17.5. The molecule has 1 saturated carbocycles. The fraction of sp³-hybridized carbons (Fsp3) is 0.480. The smallest absolute Gasteiger partial charge is 0.317 e. The Hall–Kier alpha value is -2.44. The number of hydrogen-bond acceptors (Lipinski definition) is 3. The first kappa shape index (κ1) is 21.8. The molecule has 166 valence electrons. The van der Waals surface area contributed by atoms with Gasteiger partial charge in [0.15, 0.2) is 0 Å². The number of piperazine rings is 1. The van der Waals surface area contributed by atoms with Gasteiger partial charge in [0.05, 0.1) is 6.54 Å². The lowest BCUT2D eigenvalue weighted by atomic mass is 10.2. The number of benzene rings is 2. The number of nitrogens with one attached hydrogen (secondary N) is 1. The summed E-state index contributed by atoms with van der Waals surface area (Å²) in [5.74, 6) is -0.243. The quantitative estimate of drug-likeness (QED) is 0.624. The molecule has 31 heavy (non-hydrogen) atoms. The molecule has 0 radical (unpaired) electrons. The van der Waals surface area contributed by atoms with Gasteiger partial charge in [-0.2, -0.15) is 0 Å². The van der Waals surface area contributed by atoms with Crippen LogP contribution in [0, 0.1) is 5.82 Å². The Morgan fingerprint density at radius 1 is 0.968 bits per heavy atom. The maximum atomic E-state index is 14.0. The molecular weight excluding hydrogens is 391 g/mol. The van der Waals surface area contributed by atoms with Gasteiger partial charge in [-0.1, -0.05) is 48.5 Å². The SMILES string of the molecule is O=C(NCCCN1CCN(Cc2ccccc2)CC1)N(Cc1ccccc1F)C1CC1. The molecule has 1 aliphatic carbocycles. The first-order valence-corrected chi connectivity index (χ1v) is 11.5. The molecule has 2 aromatic carbocycles. The molecule has 2 aliphatic rings. The van der Waals surface area contributed by atoms with E-state index in [0.29, 0.717) is 18.7 Å². The normalized spacial score (nSPS) is 17.5. The summed E-state index contributed by atoms with van der Waals surface area (Å²) in [4.78, 5) is 19.5. The van der Waals surface area contributed by atoms with Gasteiger partial charge in [0.2, 0.25) is 0 Å². The molecule has 0 atom stereocenters. The van der Waals surface area contributed by atoms with Crippen LogP contribution in [0.1, 0.15) is 30.4 Å². The fourth-order valence-corrected chi connectivity index (χ4v) is 4.18. The van der Waals surface area contributed by atoms with Gasteiger partial charge in [-0.05, 0) is 37.4 Å². The minimum atomic E-state index is -0.243. The summed E-state index contributed by atoms with van der Waals surface area (Å²) in [7, 11) is 0. The Morgan fingerprint density at radius 2 is 1.65 bits per heavy atom. The zero-order chi connectivity index (χ0) is 21.5. The Bertz CT molecular complexity index is 834. The van der Waals surface area contributed by atoms with Crippen molar-refractivity contribution in [3.8, 4) is 0 Å². The van der Waals surface area contributed by atoms with Gasteiger partial charge in [0.25, 0.3) is 0 Å². The fourth-order valence-electron chi connectivity index (χ4n) is 4.18. The zero-order valence-corrected chi connectivity index (χ0v) is 18.2. The minimum absolute atomic E-state index is 0.0709. The number of carbonyl (C=O) groups excluding carboxylic acids is 1. The highest BCUT2D eigenvalue weighted by Crippen LogP contribution is 2.28. The van der Waals surface area contributed by atoms with Crippen LogP contribution in [0.2, 0.25) is 0 Å². The molecule has 0 spiro atoms. The third kappa shape index (κ3) is 6.52. The van der Waals surface area contributed by atoms with Gasteiger partial charge in [-0.3, -0.25) is 4.90 Å². The van der Waals surface area contributed by atoms with Crippen LogP contribution in [-0.2, 0) is 13.1 Å². The highest BCUT2D eigenvalue weighted by atomic mass is 19.1. The molecular formula is C25H33FN4O. The Labute approximate surface area is 184 Å². The summed E-state index contributed by atoms with van der Waals surface area (Å²) in [6.45, 7) is 7.32. The molecule has 2 fully saturated rings. The van der Waals surface area contributed by atoms with E-state index >= 15 is 0 Å². The van der Waals surface area contributed by atoms with Crippen molar-refractivity contribution < 1.29 is 9.18 Å². The lowest BCUT2D eigenvalue weighted by Crippen LogP contribution is -2.47. The van der Waals surface area contributed by atoms with E-state index in [4.69, 9.17) is 0 Å². The highest BCUT2D eigenvalue weighted by Gasteiger charge is 2.32. The molecule has 4 rings (SSSR count). The number of hydrogen-bond donors (Lipinski definition) is 1. The molecule has 0 bridgehead atoms. The molecule has 1 aliphatic heterocycles. The van der Waals surface area contributed by atoms with E-state index in [-0.39, 0.29) is 17.9 Å². The molecule has 1 saturated heterocycles. The van der Waals surface area contributed by atoms with E-state index in [1.54, 1.807) is 17.0 Å². The van der Waals surface area contributed by atoms with E-state index in [2.05, 4.69) is 45.4 Å². The second-order valence-electron chi connectivity index (χ2n) is 8.64. The predicted octanol–water partition coefficient (Wildman–Crippen LogP) is 3.71. The minimum Gasteiger partial charge on any atom is -0.338 e. The van der Waals surface area contributed by atoms with Crippen LogP contribution in [0.4, 0.5) is 9.18 Å². The second kappa shape index (κ2) is 10.7. The number of carbonyl (C=O) groups is 1. The van der Waals surface area contributed by atoms with Crippen molar-refractivity contribution in [2.24, 2.45) is 0 Å². The lowest BCUT2D eigenvalue weighted by molar-refractivity contribution is 0.126. The molecule has 1 heterocycles. The van der Waals surface area contributed by atoms with Crippen LogP contribution in [0.5, 0.6) is 0 Å². The Morgan fingerprint density at radius 3 is 2.35 bits per heavy atom. The van der Waals surface area contributed by atoms with Crippen molar-refractivity contribution in [2.75, 3.05) is 39.3 Å². The number of nitrogens with zero attached hydrogens (tertiary/aromatic N) is 3. The first-order valence-electron chi connectivity index (χ1n) is 11.5. The van der Waals surface area contributed by atoms with Crippen LogP contribution in [-0.4, -0.2) is 66.0 Å². The molecule has 0 unspecified atom stereocenters. The van der Waals surface area contributed by atoms with Crippen molar-refractivity contribution in [3.05, 3.63) is 71.5 Å². The van der Waals surface area contributed by atoms with Gasteiger partial charge in [-0.25, -0.2) is 9.18 Å². The molecule has 6 heteroatoms. The van der Waals surface area contributed by atoms with E-state index in [1.807, 2.05) is 6.07 Å². The van der Waals surface area contributed by atoms with Crippen LogP contribution >= 0.6 is 0 Å². The van der Waals surface area contributed by atoms with Crippen LogP contribution in [0.3, 0.4) is 0 Å². The predicted molar refractivity (Wildman–Crippen MR) is 121 cm³/mol. The monoisotopic (exact) mass is 424 g/mol. The Kier molecular flexibility index (Phi) is 7.54. The average Bonchev–Trinajstić information content (AvgIpc) is 3.63. The van der Waals surface area contributed by atoms with Crippen LogP contribution in [0.25, 0.3) is 0 Å². The van der Waals surface area contributed by atoms with E-state index in [0.717, 1.165) is 58.5 Å². The van der Waals surface area contributed by atoms with Crippen molar-refractivity contribution in [1.29, 1.82) is 0 Å². The average molecular weight is 425 g/mol. The number of urea groups is 1. The van der Waals surface area contributed by atoms with Gasteiger partial charge >= 0.3 is 6.03 Å². The van der Waals surface area contributed by atoms with E-state index in [1.165, 1.54) is 11.6 Å². The van der Waals surface area contributed by atoms with Gasteiger partial charge in [0.1, 0.15) is 5.82 Å². The molecule has 1 N–H and O–H groups in total. The summed E-state index contributed by atoms with van der Waals surface area (Å²) < 4.78 is 14.0. The maximum Gasteiger partial charge on any atom is 0.317 e. The topological polar surface area (TPSA) is 38.8 Å². The molecule has 2 amide bonds. The molecule has 5 nitrogen and oxygen atoms in total. The number of rotatable bonds is 9. The molecule has 2 aromatic rings. The van der Waals surface area contributed by atoms with Gasteiger partial charge < -0.3 is 15.1 Å². The van der Waals surface area contributed by atoms with Gasteiger partial charge in [0, 0.05) is 50.9 Å². The van der Waals surface area contributed by atoms with E-state index in [9.17, 15) is 9.18 Å². The third-order valence-corrected chi connectivity index (χ3v) is 6.19. The highest BCUT2D eigenvalue weighted by molar-refractivity contribution is 5.74.